The van der Waals surface area contributed by atoms with E-state index >= 15 is 0 Å². The van der Waals surface area contributed by atoms with Crippen LogP contribution in [0.2, 0.25) is 5.02 Å². The highest BCUT2D eigenvalue weighted by Gasteiger charge is 2.08. The maximum atomic E-state index is 6.25. The van der Waals surface area contributed by atoms with Gasteiger partial charge < -0.3 is 0 Å². The van der Waals surface area contributed by atoms with Crippen molar-refractivity contribution in [1.29, 1.82) is 0 Å². The van der Waals surface area contributed by atoms with Gasteiger partial charge in [0.2, 0.25) is 0 Å². The highest BCUT2D eigenvalue weighted by Crippen LogP contribution is 2.36. The van der Waals surface area contributed by atoms with Crippen LogP contribution in [0, 0.1) is 0 Å². The van der Waals surface area contributed by atoms with Crippen LogP contribution in [-0.4, -0.2) is 0 Å². The molecule has 1 aromatic heterocycles. The Bertz CT molecular complexity index is 460. The van der Waals surface area contributed by atoms with Gasteiger partial charge in [-0.05, 0) is 24.1 Å². The molecule has 3 heteroatoms. The molecule has 0 spiro atoms. The first-order chi connectivity index (χ1) is 6.76. The zero-order valence-electron chi connectivity index (χ0n) is 7.81. The Balaban J connectivity index is 2.68. The second-order valence-electron chi connectivity index (χ2n) is 3.16. The van der Waals surface area contributed by atoms with Gasteiger partial charge in [-0.3, -0.25) is 0 Å². The number of alkyl halides is 1. The first kappa shape index (κ1) is 10.3. The quantitative estimate of drug-likeness (QED) is 0.663. The van der Waals surface area contributed by atoms with Crippen LogP contribution in [-0.2, 0) is 12.3 Å². The number of hydrogen-bond acceptors (Lipinski definition) is 1. The molecule has 0 nitrogen and oxygen atoms in total. The van der Waals surface area contributed by atoms with Gasteiger partial charge in [0, 0.05) is 20.8 Å². The van der Waals surface area contributed by atoms with E-state index in [1.807, 2.05) is 0 Å². The molecule has 2 aromatic rings. The second kappa shape index (κ2) is 4.09. The molecule has 0 unspecified atom stereocenters. The molecule has 0 amide bonds. The fraction of sp³-hybridized carbons (Fsp3) is 0.273. The standard InChI is InChI=1S/C11H10Cl2S/c1-2-9-11(13)8-5-7(6-12)3-4-10(8)14-9/h3-5H,2,6H2,1H3. The molecule has 0 atom stereocenters. The molecule has 1 aromatic carbocycles. The highest BCUT2D eigenvalue weighted by molar-refractivity contribution is 7.19. The summed E-state index contributed by atoms with van der Waals surface area (Å²) >= 11 is 13.8. The molecule has 1 heterocycles. The minimum Gasteiger partial charge on any atom is -0.139 e. The number of thiophene rings is 1. The first-order valence-electron chi connectivity index (χ1n) is 4.52. The van der Waals surface area contributed by atoms with Gasteiger partial charge in [-0.1, -0.05) is 24.6 Å². The van der Waals surface area contributed by atoms with Crippen molar-refractivity contribution in [2.24, 2.45) is 0 Å². The van der Waals surface area contributed by atoms with Crippen molar-refractivity contribution in [2.75, 3.05) is 0 Å². The molecule has 0 radical (unpaired) electrons. The van der Waals surface area contributed by atoms with Crippen LogP contribution in [0.3, 0.4) is 0 Å². The third-order valence-electron chi connectivity index (χ3n) is 2.23. The summed E-state index contributed by atoms with van der Waals surface area (Å²) in [5.74, 6) is 0.545. The smallest absolute Gasteiger partial charge is 0.0623 e. The third kappa shape index (κ3) is 1.65. The first-order valence-corrected chi connectivity index (χ1v) is 6.25. The van der Waals surface area contributed by atoms with Crippen molar-refractivity contribution < 1.29 is 0 Å². The van der Waals surface area contributed by atoms with E-state index in [1.54, 1.807) is 11.3 Å². The summed E-state index contributed by atoms with van der Waals surface area (Å²) in [5.41, 5.74) is 1.13. The summed E-state index contributed by atoms with van der Waals surface area (Å²) in [6, 6.07) is 6.24. The summed E-state index contributed by atoms with van der Waals surface area (Å²) in [5, 5.41) is 2.05. The third-order valence-corrected chi connectivity index (χ3v) is 4.40. The molecule has 0 N–H and O–H groups in total. The molecule has 0 saturated carbocycles. The van der Waals surface area contributed by atoms with Crippen molar-refractivity contribution in [1.82, 2.24) is 0 Å². The van der Waals surface area contributed by atoms with Crippen molar-refractivity contribution in [3.8, 4) is 0 Å². The Hall–Kier alpha value is -0.240. The van der Waals surface area contributed by atoms with Crippen LogP contribution in [0.25, 0.3) is 10.1 Å². The average Bonchev–Trinajstić information content (AvgIpc) is 2.55. The SMILES string of the molecule is CCc1sc2ccc(CCl)cc2c1Cl. The van der Waals surface area contributed by atoms with E-state index in [0.29, 0.717) is 5.88 Å². The lowest BCUT2D eigenvalue weighted by molar-refractivity contribution is 1.19. The van der Waals surface area contributed by atoms with Gasteiger partial charge in [-0.15, -0.1) is 22.9 Å². The maximum absolute atomic E-state index is 6.25. The van der Waals surface area contributed by atoms with Crippen LogP contribution in [0.4, 0.5) is 0 Å². The van der Waals surface area contributed by atoms with E-state index in [4.69, 9.17) is 23.2 Å². The lowest BCUT2D eigenvalue weighted by atomic mass is 10.2. The molecule has 0 saturated heterocycles. The zero-order chi connectivity index (χ0) is 10.1. The predicted molar refractivity (Wildman–Crippen MR) is 65.8 cm³/mol. The lowest BCUT2D eigenvalue weighted by Crippen LogP contribution is -1.75. The minimum absolute atomic E-state index is 0.545. The van der Waals surface area contributed by atoms with Crippen LogP contribution in [0.1, 0.15) is 17.4 Å². The second-order valence-corrected chi connectivity index (χ2v) is 4.94. The van der Waals surface area contributed by atoms with Crippen LogP contribution < -0.4 is 0 Å². The van der Waals surface area contributed by atoms with E-state index in [2.05, 4.69) is 25.1 Å². The van der Waals surface area contributed by atoms with E-state index in [1.165, 1.54) is 9.58 Å². The van der Waals surface area contributed by atoms with Gasteiger partial charge in [-0.25, -0.2) is 0 Å². The molecule has 0 fully saturated rings. The highest BCUT2D eigenvalue weighted by atomic mass is 35.5. The van der Waals surface area contributed by atoms with E-state index in [-0.39, 0.29) is 0 Å². The predicted octanol–water partition coefficient (Wildman–Crippen LogP) is 4.86. The van der Waals surface area contributed by atoms with Gasteiger partial charge in [0.1, 0.15) is 0 Å². The van der Waals surface area contributed by atoms with E-state index in [0.717, 1.165) is 22.4 Å². The van der Waals surface area contributed by atoms with Gasteiger partial charge in [0.15, 0.2) is 0 Å². The van der Waals surface area contributed by atoms with Crippen LogP contribution >= 0.6 is 34.5 Å². The summed E-state index contributed by atoms with van der Waals surface area (Å²) in [4.78, 5) is 1.26. The van der Waals surface area contributed by atoms with Gasteiger partial charge >= 0.3 is 0 Å². The molecule has 2 rings (SSSR count). The molecule has 74 valence electrons. The number of benzene rings is 1. The number of fused-ring (bicyclic) bond motifs is 1. The molecular weight excluding hydrogens is 235 g/mol. The fourth-order valence-electron chi connectivity index (χ4n) is 1.48. The Labute approximate surface area is 97.5 Å². The molecular formula is C11H10Cl2S. The largest absolute Gasteiger partial charge is 0.139 e. The number of hydrogen-bond donors (Lipinski definition) is 0. The normalized spacial score (nSPS) is 11.1. The van der Waals surface area contributed by atoms with Gasteiger partial charge in [-0.2, -0.15) is 0 Å². The Kier molecular flexibility index (Phi) is 3.01. The average molecular weight is 245 g/mol. The van der Waals surface area contributed by atoms with Crippen molar-refractivity contribution in [2.45, 2.75) is 19.2 Å². The molecule has 14 heavy (non-hydrogen) atoms. The molecule has 0 aliphatic rings. The number of aryl methyl sites for hydroxylation is 1. The topological polar surface area (TPSA) is 0 Å². The van der Waals surface area contributed by atoms with Crippen molar-refractivity contribution in [3.05, 3.63) is 33.7 Å². The zero-order valence-corrected chi connectivity index (χ0v) is 10.1. The lowest BCUT2D eigenvalue weighted by Gasteiger charge is -1.95. The van der Waals surface area contributed by atoms with Crippen molar-refractivity contribution in [3.63, 3.8) is 0 Å². The monoisotopic (exact) mass is 244 g/mol. The van der Waals surface area contributed by atoms with Gasteiger partial charge in [0.25, 0.3) is 0 Å². The summed E-state index contributed by atoms with van der Waals surface area (Å²) < 4.78 is 1.25. The van der Waals surface area contributed by atoms with E-state index < -0.39 is 0 Å². The number of rotatable bonds is 2. The van der Waals surface area contributed by atoms with Crippen LogP contribution in [0.5, 0.6) is 0 Å². The Morgan fingerprint density at radius 2 is 2.14 bits per heavy atom. The fourth-order valence-corrected chi connectivity index (χ4v) is 3.12. The van der Waals surface area contributed by atoms with Gasteiger partial charge in [0.05, 0.1) is 5.02 Å². The maximum Gasteiger partial charge on any atom is 0.0623 e. The number of halogens is 2. The van der Waals surface area contributed by atoms with Crippen molar-refractivity contribution >= 4 is 44.6 Å². The summed E-state index contributed by atoms with van der Waals surface area (Å²) in [7, 11) is 0. The molecule has 0 aliphatic carbocycles. The van der Waals surface area contributed by atoms with E-state index in [9.17, 15) is 0 Å². The molecule has 0 bridgehead atoms. The molecule has 0 aliphatic heterocycles. The Morgan fingerprint density at radius 1 is 1.36 bits per heavy atom. The summed E-state index contributed by atoms with van der Waals surface area (Å²) in [6.07, 6.45) is 0.994. The summed E-state index contributed by atoms with van der Waals surface area (Å²) in [6.45, 7) is 2.12. The minimum atomic E-state index is 0.545. The Morgan fingerprint density at radius 3 is 2.79 bits per heavy atom. The van der Waals surface area contributed by atoms with Crippen LogP contribution in [0.15, 0.2) is 18.2 Å².